The number of carboxylic acid groups (broad SMARTS) is 1. The first-order valence-electron chi connectivity index (χ1n) is 5.27. The van der Waals surface area contributed by atoms with Gasteiger partial charge in [-0.05, 0) is 28.1 Å². The van der Waals surface area contributed by atoms with Gasteiger partial charge in [0.15, 0.2) is 0 Å². The van der Waals surface area contributed by atoms with E-state index in [1.165, 1.54) is 31.0 Å². The minimum atomic E-state index is -0.996. The van der Waals surface area contributed by atoms with Crippen LogP contribution in [-0.2, 0) is 4.79 Å². The lowest BCUT2D eigenvalue weighted by molar-refractivity contribution is -0.141. The summed E-state index contributed by atoms with van der Waals surface area (Å²) in [5.74, 6) is -2.88. The zero-order valence-corrected chi connectivity index (χ0v) is 11.6. The van der Waals surface area contributed by atoms with E-state index >= 15 is 0 Å². The highest BCUT2D eigenvalue weighted by molar-refractivity contribution is 9.10. The quantitative estimate of drug-likeness (QED) is 0.927. The number of benzene rings is 1. The molecule has 0 aliphatic carbocycles. The van der Waals surface area contributed by atoms with Crippen LogP contribution in [0.25, 0.3) is 0 Å². The van der Waals surface area contributed by atoms with Gasteiger partial charge >= 0.3 is 5.97 Å². The maximum absolute atomic E-state index is 13.7. The average Bonchev–Trinajstić information content (AvgIpc) is 2.31. The van der Waals surface area contributed by atoms with Gasteiger partial charge in [-0.1, -0.05) is 13.0 Å². The second-order valence-electron chi connectivity index (χ2n) is 4.03. The van der Waals surface area contributed by atoms with Gasteiger partial charge in [-0.3, -0.25) is 9.59 Å². The molecule has 0 bridgehead atoms. The molecule has 0 aromatic heterocycles. The lowest BCUT2D eigenvalue weighted by Crippen LogP contribution is -2.34. The Hall–Kier alpha value is -1.43. The minimum Gasteiger partial charge on any atom is -0.481 e. The highest BCUT2D eigenvalue weighted by atomic mass is 79.9. The van der Waals surface area contributed by atoms with Gasteiger partial charge in [0.1, 0.15) is 5.82 Å². The van der Waals surface area contributed by atoms with Gasteiger partial charge in [0.05, 0.1) is 16.0 Å². The molecule has 1 unspecified atom stereocenters. The molecule has 0 heterocycles. The number of amides is 1. The molecule has 0 radical (unpaired) electrons. The molecule has 0 fully saturated rings. The summed E-state index contributed by atoms with van der Waals surface area (Å²) in [6, 6.07) is 4.41. The SMILES string of the molecule is CC(CN(C)C(=O)c1cccc(Br)c1F)C(=O)O. The minimum absolute atomic E-state index is 0.0279. The van der Waals surface area contributed by atoms with E-state index in [4.69, 9.17) is 5.11 Å². The fourth-order valence-corrected chi connectivity index (χ4v) is 1.81. The first-order valence-corrected chi connectivity index (χ1v) is 6.06. The Bertz CT molecular complexity index is 478. The van der Waals surface area contributed by atoms with E-state index in [-0.39, 0.29) is 16.6 Å². The van der Waals surface area contributed by atoms with E-state index < -0.39 is 23.6 Å². The molecule has 18 heavy (non-hydrogen) atoms. The number of nitrogens with zero attached hydrogens (tertiary/aromatic N) is 1. The number of halogens is 2. The fourth-order valence-electron chi connectivity index (χ4n) is 1.45. The Balaban J connectivity index is 2.87. The first-order chi connectivity index (χ1) is 8.34. The van der Waals surface area contributed by atoms with E-state index in [9.17, 15) is 14.0 Å². The monoisotopic (exact) mass is 317 g/mol. The molecular formula is C12H13BrFNO3. The Morgan fingerprint density at radius 2 is 2.11 bits per heavy atom. The van der Waals surface area contributed by atoms with Crippen molar-refractivity contribution in [2.45, 2.75) is 6.92 Å². The van der Waals surface area contributed by atoms with Crippen LogP contribution in [-0.4, -0.2) is 35.5 Å². The Morgan fingerprint density at radius 1 is 1.50 bits per heavy atom. The molecule has 0 saturated heterocycles. The Labute approximate surface area is 113 Å². The third-order valence-electron chi connectivity index (χ3n) is 2.50. The summed E-state index contributed by atoms with van der Waals surface area (Å²) in [6.07, 6.45) is 0. The van der Waals surface area contributed by atoms with Crippen molar-refractivity contribution < 1.29 is 19.1 Å². The highest BCUT2D eigenvalue weighted by Crippen LogP contribution is 2.19. The van der Waals surface area contributed by atoms with Crippen LogP contribution in [0.1, 0.15) is 17.3 Å². The van der Waals surface area contributed by atoms with Crippen LogP contribution in [0.15, 0.2) is 22.7 Å². The third kappa shape index (κ3) is 3.29. The number of carboxylic acids is 1. The topological polar surface area (TPSA) is 57.6 Å². The molecule has 1 aromatic carbocycles. The molecule has 1 N–H and O–H groups in total. The van der Waals surface area contributed by atoms with Crippen molar-refractivity contribution in [3.8, 4) is 0 Å². The lowest BCUT2D eigenvalue weighted by Gasteiger charge is -2.19. The summed E-state index contributed by atoms with van der Waals surface area (Å²) in [6.45, 7) is 1.52. The van der Waals surface area contributed by atoms with Gasteiger partial charge in [0.25, 0.3) is 5.91 Å². The third-order valence-corrected chi connectivity index (χ3v) is 3.11. The van der Waals surface area contributed by atoms with Crippen LogP contribution >= 0.6 is 15.9 Å². The highest BCUT2D eigenvalue weighted by Gasteiger charge is 2.21. The van der Waals surface area contributed by atoms with E-state index in [0.717, 1.165) is 0 Å². The normalized spacial score (nSPS) is 12.0. The van der Waals surface area contributed by atoms with E-state index in [2.05, 4.69) is 15.9 Å². The van der Waals surface area contributed by atoms with Crippen molar-refractivity contribution in [3.63, 3.8) is 0 Å². The number of carbonyl (C=O) groups excluding carboxylic acids is 1. The molecular weight excluding hydrogens is 305 g/mol. The van der Waals surface area contributed by atoms with Crippen molar-refractivity contribution in [2.24, 2.45) is 5.92 Å². The number of hydrogen-bond acceptors (Lipinski definition) is 2. The molecule has 0 aliphatic rings. The molecule has 1 atom stereocenters. The van der Waals surface area contributed by atoms with Crippen LogP contribution in [0.5, 0.6) is 0 Å². The molecule has 4 nitrogen and oxygen atoms in total. The molecule has 0 aliphatic heterocycles. The second kappa shape index (κ2) is 5.95. The smallest absolute Gasteiger partial charge is 0.308 e. The van der Waals surface area contributed by atoms with E-state index in [0.29, 0.717) is 0 Å². The summed E-state index contributed by atoms with van der Waals surface area (Å²) < 4.78 is 13.9. The number of carbonyl (C=O) groups is 2. The molecule has 0 spiro atoms. The van der Waals surface area contributed by atoms with Crippen LogP contribution in [0.3, 0.4) is 0 Å². The molecule has 1 rings (SSSR count). The standard InChI is InChI=1S/C12H13BrFNO3/c1-7(12(17)18)6-15(2)11(16)8-4-3-5-9(13)10(8)14/h3-5,7H,6H2,1-2H3,(H,17,18). The molecule has 6 heteroatoms. The van der Waals surface area contributed by atoms with Gasteiger partial charge in [-0.2, -0.15) is 0 Å². The number of hydrogen-bond donors (Lipinski definition) is 1. The predicted octanol–water partition coefficient (Wildman–Crippen LogP) is 2.38. The Morgan fingerprint density at radius 3 is 2.67 bits per heavy atom. The van der Waals surface area contributed by atoms with Crippen molar-refractivity contribution >= 4 is 27.8 Å². The van der Waals surface area contributed by atoms with Crippen LogP contribution < -0.4 is 0 Å². The number of rotatable bonds is 4. The summed E-state index contributed by atoms with van der Waals surface area (Å²) >= 11 is 3.00. The average molecular weight is 318 g/mol. The number of aliphatic carboxylic acids is 1. The molecule has 98 valence electrons. The largest absolute Gasteiger partial charge is 0.481 e. The maximum Gasteiger partial charge on any atom is 0.308 e. The van der Waals surface area contributed by atoms with Crippen LogP contribution in [0.2, 0.25) is 0 Å². The first kappa shape index (κ1) is 14.6. The van der Waals surface area contributed by atoms with Crippen molar-refractivity contribution in [1.82, 2.24) is 4.90 Å². The summed E-state index contributed by atoms with van der Waals surface area (Å²) in [5.41, 5.74) is -0.0792. The van der Waals surface area contributed by atoms with Crippen molar-refractivity contribution in [3.05, 3.63) is 34.1 Å². The van der Waals surface area contributed by atoms with Gasteiger partial charge in [0.2, 0.25) is 0 Å². The van der Waals surface area contributed by atoms with Gasteiger partial charge in [-0.15, -0.1) is 0 Å². The fraction of sp³-hybridized carbons (Fsp3) is 0.333. The van der Waals surface area contributed by atoms with E-state index in [1.54, 1.807) is 6.07 Å². The van der Waals surface area contributed by atoms with Crippen molar-refractivity contribution in [2.75, 3.05) is 13.6 Å². The zero-order chi connectivity index (χ0) is 13.9. The summed E-state index contributed by atoms with van der Waals surface area (Å²) in [5, 5.41) is 8.76. The van der Waals surface area contributed by atoms with Gasteiger partial charge < -0.3 is 10.0 Å². The summed E-state index contributed by atoms with van der Waals surface area (Å²) in [4.78, 5) is 23.8. The predicted molar refractivity (Wildman–Crippen MR) is 67.9 cm³/mol. The zero-order valence-electron chi connectivity index (χ0n) is 9.98. The van der Waals surface area contributed by atoms with Gasteiger partial charge in [-0.25, -0.2) is 4.39 Å². The van der Waals surface area contributed by atoms with Crippen LogP contribution in [0.4, 0.5) is 4.39 Å². The second-order valence-corrected chi connectivity index (χ2v) is 4.88. The maximum atomic E-state index is 13.7. The summed E-state index contributed by atoms with van der Waals surface area (Å²) in [7, 11) is 1.45. The van der Waals surface area contributed by atoms with Gasteiger partial charge in [0, 0.05) is 13.6 Å². The molecule has 1 aromatic rings. The molecule has 0 saturated carbocycles. The van der Waals surface area contributed by atoms with Crippen molar-refractivity contribution in [1.29, 1.82) is 0 Å². The Kier molecular flexibility index (Phi) is 4.84. The van der Waals surface area contributed by atoms with E-state index in [1.807, 2.05) is 0 Å². The molecule has 1 amide bonds. The van der Waals surface area contributed by atoms with Crippen LogP contribution in [0, 0.1) is 11.7 Å². The lowest BCUT2D eigenvalue weighted by atomic mass is 10.1.